The lowest BCUT2D eigenvalue weighted by molar-refractivity contribution is 0.0975. The smallest absolute Gasteiger partial charge is 0.278 e. The fourth-order valence-corrected chi connectivity index (χ4v) is 2.46. The summed E-state index contributed by atoms with van der Waals surface area (Å²) in [4.78, 5) is 14.6. The van der Waals surface area contributed by atoms with Crippen LogP contribution in [0.3, 0.4) is 0 Å². The lowest BCUT2D eigenvalue weighted by atomic mass is 10.2. The average Bonchev–Trinajstić information content (AvgIpc) is 3.10. The molecule has 0 spiro atoms. The number of hydrogen-bond acceptors (Lipinski definition) is 3. The molecule has 3 rings (SSSR count). The van der Waals surface area contributed by atoms with Crippen LogP contribution in [-0.4, -0.2) is 20.9 Å². The predicted molar refractivity (Wildman–Crippen MR) is 89.1 cm³/mol. The minimum Gasteiger partial charge on any atom is -0.303 e. The van der Waals surface area contributed by atoms with Gasteiger partial charge in [-0.3, -0.25) is 4.79 Å². The molecule has 0 bridgehead atoms. The van der Waals surface area contributed by atoms with Gasteiger partial charge in [-0.2, -0.15) is 0 Å². The summed E-state index contributed by atoms with van der Waals surface area (Å²) in [7, 11) is 0. The van der Waals surface area contributed by atoms with Gasteiger partial charge < -0.3 is 4.90 Å². The maximum atomic E-state index is 13.2. The van der Waals surface area contributed by atoms with Gasteiger partial charge in [0.25, 0.3) is 5.91 Å². The number of anilines is 1. The Hall–Kier alpha value is -3.02. The van der Waals surface area contributed by atoms with Crippen molar-refractivity contribution in [2.45, 2.75) is 20.0 Å². The Morgan fingerprint density at radius 3 is 2.50 bits per heavy atom. The van der Waals surface area contributed by atoms with Crippen molar-refractivity contribution in [3.8, 4) is 0 Å². The van der Waals surface area contributed by atoms with E-state index in [1.54, 1.807) is 21.7 Å². The number of aromatic nitrogens is 3. The molecule has 1 amide bonds. The van der Waals surface area contributed by atoms with Crippen LogP contribution in [0.1, 0.15) is 23.0 Å². The SMILES string of the molecule is CCn1nncc1C(=O)N(Cc1ccccc1)c1ccc(F)cc1. The van der Waals surface area contributed by atoms with Crippen LogP contribution in [0.2, 0.25) is 0 Å². The average molecular weight is 324 g/mol. The molecule has 2 aromatic carbocycles. The number of hydrogen-bond donors (Lipinski definition) is 0. The molecule has 0 saturated heterocycles. The largest absolute Gasteiger partial charge is 0.303 e. The van der Waals surface area contributed by atoms with Gasteiger partial charge >= 0.3 is 0 Å². The van der Waals surface area contributed by atoms with Crippen molar-refractivity contribution >= 4 is 11.6 Å². The number of carbonyl (C=O) groups excluding carboxylic acids is 1. The highest BCUT2D eigenvalue weighted by atomic mass is 19.1. The molecule has 0 aliphatic rings. The van der Waals surface area contributed by atoms with E-state index in [4.69, 9.17) is 0 Å². The minimum absolute atomic E-state index is 0.225. The molecule has 0 atom stereocenters. The summed E-state index contributed by atoms with van der Waals surface area (Å²) in [5.74, 6) is -0.566. The second kappa shape index (κ2) is 7.04. The Morgan fingerprint density at radius 1 is 1.12 bits per heavy atom. The summed E-state index contributed by atoms with van der Waals surface area (Å²) in [5, 5.41) is 7.73. The Balaban J connectivity index is 1.98. The van der Waals surface area contributed by atoms with Crippen LogP contribution < -0.4 is 4.90 Å². The minimum atomic E-state index is -0.342. The van der Waals surface area contributed by atoms with Crippen molar-refractivity contribution in [1.82, 2.24) is 15.0 Å². The summed E-state index contributed by atoms with van der Waals surface area (Å²) in [5.41, 5.74) is 2.00. The molecule has 1 aromatic heterocycles. The van der Waals surface area contributed by atoms with E-state index in [9.17, 15) is 9.18 Å². The normalized spacial score (nSPS) is 10.6. The molecule has 122 valence electrons. The molecular formula is C18H17FN4O. The first kappa shape index (κ1) is 15.9. The van der Waals surface area contributed by atoms with E-state index in [1.165, 1.54) is 18.3 Å². The van der Waals surface area contributed by atoms with Crippen LogP contribution in [0.15, 0.2) is 60.8 Å². The summed E-state index contributed by atoms with van der Waals surface area (Å²) < 4.78 is 14.8. The maximum Gasteiger partial charge on any atom is 0.278 e. The molecule has 6 heteroatoms. The number of benzene rings is 2. The first-order chi connectivity index (χ1) is 11.7. The van der Waals surface area contributed by atoms with Crippen LogP contribution in [-0.2, 0) is 13.1 Å². The second-order valence-electron chi connectivity index (χ2n) is 5.29. The Bertz CT molecular complexity index is 815. The van der Waals surface area contributed by atoms with E-state index in [1.807, 2.05) is 37.3 Å². The third-order valence-corrected chi connectivity index (χ3v) is 3.70. The number of carbonyl (C=O) groups is 1. The van der Waals surface area contributed by atoms with Crippen molar-refractivity contribution in [3.05, 3.63) is 77.9 Å². The van der Waals surface area contributed by atoms with Crippen molar-refractivity contribution < 1.29 is 9.18 Å². The third-order valence-electron chi connectivity index (χ3n) is 3.70. The fourth-order valence-electron chi connectivity index (χ4n) is 2.46. The predicted octanol–water partition coefficient (Wildman–Crippen LogP) is 3.28. The number of aryl methyl sites for hydroxylation is 1. The summed E-state index contributed by atoms with van der Waals surface area (Å²) >= 11 is 0. The lowest BCUT2D eigenvalue weighted by Gasteiger charge is -2.23. The first-order valence-corrected chi connectivity index (χ1v) is 7.69. The summed E-state index contributed by atoms with van der Waals surface area (Å²) in [6, 6.07) is 15.5. The zero-order valence-corrected chi connectivity index (χ0v) is 13.3. The molecule has 24 heavy (non-hydrogen) atoms. The highest BCUT2D eigenvalue weighted by molar-refractivity contribution is 6.04. The molecule has 0 saturated carbocycles. The van der Waals surface area contributed by atoms with Crippen LogP contribution in [0.5, 0.6) is 0 Å². The third kappa shape index (κ3) is 3.32. The van der Waals surface area contributed by atoms with Crippen LogP contribution in [0.4, 0.5) is 10.1 Å². The molecule has 0 aliphatic heterocycles. The first-order valence-electron chi connectivity index (χ1n) is 7.69. The van der Waals surface area contributed by atoms with Gasteiger partial charge in [-0.15, -0.1) is 5.10 Å². The van der Waals surface area contributed by atoms with Gasteiger partial charge in [-0.1, -0.05) is 35.5 Å². The second-order valence-corrected chi connectivity index (χ2v) is 5.29. The summed E-state index contributed by atoms with van der Waals surface area (Å²) in [6.07, 6.45) is 1.45. The zero-order valence-electron chi connectivity index (χ0n) is 13.3. The molecule has 5 nitrogen and oxygen atoms in total. The van der Waals surface area contributed by atoms with Gasteiger partial charge in [0.2, 0.25) is 0 Å². The van der Waals surface area contributed by atoms with E-state index in [0.29, 0.717) is 24.5 Å². The van der Waals surface area contributed by atoms with Gasteiger partial charge in [0.05, 0.1) is 12.7 Å². The van der Waals surface area contributed by atoms with Crippen molar-refractivity contribution in [3.63, 3.8) is 0 Å². The number of amides is 1. The van der Waals surface area contributed by atoms with E-state index in [-0.39, 0.29) is 11.7 Å². The fraction of sp³-hybridized carbons (Fsp3) is 0.167. The van der Waals surface area contributed by atoms with Gasteiger partial charge in [-0.25, -0.2) is 9.07 Å². The topological polar surface area (TPSA) is 51.0 Å². The maximum absolute atomic E-state index is 13.2. The molecule has 0 radical (unpaired) electrons. The Labute approximate surface area is 139 Å². The van der Waals surface area contributed by atoms with Crippen molar-refractivity contribution in [1.29, 1.82) is 0 Å². The van der Waals surface area contributed by atoms with Gasteiger partial charge in [0.15, 0.2) is 0 Å². The monoisotopic (exact) mass is 324 g/mol. The molecular weight excluding hydrogens is 307 g/mol. The van der Waals surface area contributed by atoms with Gasteiger partial charge in [0, 0.05) is 12.2 Å². The zero-order chi connectivity index (χ0) is 16.9. The summed E-state index contributed by atoms with van der Waals surface area (Å²) in [6.45, 7) is 2.81. The highest BCUT2D eigenvalue weighted by Crippen LogP contribution is 2.20. The lowest BCUT2D eigenvalue weighted by Crippen LogP contribution is -2.32. The molecule has 0 fully saturated rings. The van der Waals surface area contributed by atoms with Crippen LogP contribution >= 0.6 is 0 Å². The standard InChI is InChI=1S/C18H17FN4O/c1-2-23-17(12-20-21-23)18(24)22(13-14-6-4-3-5-7-14)16-10-8-15(19)9-11-16/h3-12H,2,13H2,1H3. The molecule has 3 aromatic rings. The van der Waals surface area contributed by atoms with E-state index in [0.717, 1.165) is 5.56 Å². The quantitative estimate of drug-likeness (QED) is 0.724. The Morgan fingerprint density at radius 2 is 1.83 bits per heavy atom. The van der Waals surface area contributed by atoms with E-state index in [2.05, 4.69) is 10.3 Å². The van der Waals surface area contributed by atoms with Gasteiger partial charge in [-0.05, 0) is 36.8 Å². The van der Waals surface area contributed by atoms with Crippen LogP contribution in [0.25, 0.3) is 0 Å². The molecule has 0 N–H and O–H groups in total. The van der Waals surface area contributed by atoms with Gasteiger partial charge in [0.1, 0.15) is 11.5 Å². The highest BCUT2D eigenvalue weighted by Gasteiger charge is 2.22. The number of rotatable bonds is 5. The molecule has 0 unspecified atom stereocenters. The van der Waals surface area contributed by atoms with Crippen molar-refractivity contribution in [2.24, 2.45) is 0 Å². The molecule has 0 aliphatic carbocycles. The van der Waals surface area contributed by atoms with Crippen LogP contribution in [0, 0.1) is 5.82 Å². The van der Waals surface area contributed by atoms with Crippen molar-refractivity contribution in [2.75, 3.05) is 4.90 Å². The molecule has 1 heterocycles. The Kier molecular flexibility index (Phi) is 4.65. The van der Waals surface area contributed by atoms with E-state index >= 15 is 0 Å². The number of halogens is 1. The van der Waals surface area contributed by atoms with E-state index < -0.39 is 0 Å². The number of nitrogens with zero attached hydrogens (tertiary/aromatic N) is 4.